The molecule has 2 aromatic heterocycles. The first-order chi connectivity index (χ1) is 21.4. The minimum absolute atomic E-state index is 0.127. The fourth-order valence-electron chi connectivity index (χ4n) is 5.70. The highest BCUT2D eigenvalue weighted by Gasteiger charge is 2.30. The molecule has 8 nitrogen and oxygen atoms in total. The fourth-order valence-corrected chi connectivity index (χ4v) is 5.70. The molecular weight excluding hydrogens is 550 g/mol. The number of nitrogens with one attached hydrogen (secondary N) is 5. The van der Waals surface area contributed by atoms with E-state index in [1.54, 1.807) is 0 Å². The number of H-pyrrole nitrogens is 2. The van der Waals surface area contributed by atoms with Crippen molar-refractivity contribution in [3.63, 3.8) is 0 Å². The lowest BCUT2D eigenvalue weighted by atomic mass is 10.00. The molecule has 4 aromatic carbocycles. The van der Waals surface area contributed by atoms with Gasteiger partial charge < -0.3 is 25.9 Å². The number of rotatable bonds is 10. The van der Waals surface area contributed by atoms with E-state index in [2.05, 4.69) is 25.9 Å². The van der Waals surface area contributed by atoms with E-state index in [0.717, 1.165) is 43.7 Å². The molecule has 44 heavy (non-hydrogen) atoms. The van der Waals surface area contributed by atoms with Crippen LogP contribution in [0.5, 0.6) is 0 Å². The summed E-state index contributed by atoms with van der Waals surface area (Å²) in [4.78, 5) is 47.1. The Bertz CT molecular complexity index is 1970. The molecule has 2 unspecified atom stereocenters. The van der Waals surface area contributed by atoms with Gasteiger partial charge in [-0.3, -0.25) is 14.4 Å². The molecule has 8 heteroatoms. The van der Waals surface area contributed by atoms with Crippen molar-refractivity contribution in [1.82, 2.24) is 20.6 Å². The Kier molecular flexibility index (Phi) is 8.14. The molecule has 6 aromatic rings. The number of hydrogen-bond acceptors (Lipinski definition) is 3. The van der Waals surface area contributed by atoms with Crippen LogP contribution in [-0.2, 0) is 27.2 Å². The van der Waals surface area contributed by atoms with E-state index in [1.165, 1.54) is 0 Å². The third kappa shape index (κ3) is 6.20. The molecular formula is C36H35N5O3. The number of amides is 3. The van der Waals surface area contributed by atoms with Crippen LogP contribution in [0.3, 0.4) is 0 Å². The van der Waals surface area contributed by atoms with Crippen molar-refractivity contribution in [1.29, 1.82) is 0 Å². The number of fused-ring (bicyclic) bond motifs is 3. The highest BCUT2D eigenvalue weighted by atomic mass is 16.2. The van der Waals surface area contributed by atoms with Gasteiger partial charge in [0.25, 0.3) is 0 Å². The molecule has 0 saturated carbocycles. The third-order valence-electron chi connectivity index (χ3n) is 8.04. The highest BCUT2D eigenvalue weighted by Crippen LogP contribution is 2.22. The summed E-state index contributed by atoms with van der Waals surface area (Å²) in [6, 6.07) is 27.6. The van der Waals surface area contributed by atoms with Gasteiger partial charge in [0, 0.05) is 46.3 Å². The van der Waals surface area contributed by atoms with Crippen LogP contribution in [0, 0.1) is 5.92 Å². The first-order valence-corrected chi connectivity index (χ1v) is 14.8. The maximum Gasteiger partial charge on any atom is 0.247 e. The molecule has 5 N–H and O–H groups in total. The largest absolute Gasteiger partial charge is 0.361 e. The van der Waals surface area contributed by atoms with E-state index in [0.29, 0.717) is 5.69 Å². The minimum atomic E-state index is -0.889. The maximum absolute atomic E-state index is 13.8. The number of hydrogen-bond donors (Lipinski definition) is 5. The molecule has 6 rings (SSSR count). The number of anilines is 1. The summed E-state index contributed by atoms with van der Waals surface area (Å²) < 4.78 is 0. The normalized spacial score (nSPS) is 12.8. The second-order valence-electron chi connectivity index (χ2n) is 11.5. The van der Waals surface area contributed by atoms with Crippen LogP contribution in [0.1, 0.15) is 25.0 Å². The second kappa shape index (κ2) is 12.5. The van der Waals surface area contributed by atoms with E-state index in [4.69, 9.17) is 0 Å². The Hall–Kier alpha value is -5.37. The smallest absolute Gasteiger partial charge is 0.247 e. The molecule has 0 spiro atoms. The number of carbonyl (C=O) groups excluding carboxylic acids is 3. The molecule has 0 aliphatic carbocycles. The topological polar surface area (TPSA) is 119 Å². The van der Waals surface area contributed by atoms with E-state index in [1.807, 2.05) is 117 Å². The van der Waals surface area contributed by atoms with Crippen molar-refractivity contribution >= 4 is 56.0 Å². The van der Waals surface area contributed by atoms with Crippen molar-refractivity contribution in [3.8, 4) is 0 Å². The van der Waals surface area contributed by atoms with Gasteiger partial charge in [0.1, 0.15) is 12.1 Å². The maximum atomic E-state index is 13.8. The lowest BCUT2D eigenvalue weighted by Gasteiger charge is -2.25. The summed E-state index contributed by atoms with van der Waals surface area (Å²) in [5.41, 5.74) is 4.30. The highest BCUT2D eigenvalue weighted by molar-refractivity contribution is 6.01. The summed E-state index contributed by atoms with van der Waals surface area (Å²) in [6.07, 6.45) is 4.09. The average Bonchev–Trinajstić information content (AvgIpc) is 3.63. The number of benzene rings is 4. The Balaban J connectivity index is 1.21. The van der Waals surface area contributed by atoms with Crippen molar-refractivity contribution in [2.75, 3.05) is 5.32 Å². The van der Waals surface area contributed by atoms with Gasteiger partial charge in [-0.05, 0) is 52.1 Å². The molecule has 0 bridgehead atoms. The predicted molar refractivity (Wildman–Crippen MR) is 175 cm³/mol. The predicted octanol–water partition coefficient (Wildman–Crippen LogP) is 5.85. The molecule has 0 radical (unpaired) electrons. The second-order valence-corrected chi connectivity index (χ2v) is 11.5. The summed E-state index contributed by atoms with van der Waals surface area (Å²) in [6.45, 7) is 3.75. The number of para-hydroxylation sites is 2. The molecule has 3 amide bonds. The summed E-state index contributed by atoms with van der Waals surface area (Å²) in [7, 11) is 0. The van der Waals surface area contributed by atoms with Gasteiger partial charge in [0.15, 0.2) is 0 Å². The molecule has 222 valence electrons. The molecule has 0 saturated heterocycles. The number of aromatic nitrogens is 2. The molecule has 0 fully saturated rings. The van der Waals surface area contributed by atoms with Crippen LogP contribution in [0.25, 0.3) is 32.6 Å². The Morgan fingerprint density at radius 1 is 0.682 bits per heavy atom. The zero-order chi connectivity index (χ0) is 30.6. The number of carbonyl (C=O) groups is 3. The van der Waals surface area contributed by atoms with Crippen LogP contribution in [0.2, 0.25) is 0 Å². The van der Waals surface area contributed by atoms with Gasteiger partial charge in [-0.15, -0.1) is 0 Å². The molecule has 0 aliphatic heterocycles. The van der Waals surface area contributed by atoms with Gasteiger partial charge in [0.2, 0.25) is 17.7 Å². The fraction of sp³-hybridized carbons (Fsp3) is 0.194. The lowest BCUT2D eigenvalue weighted by molar-refractivity contribution is -0.131. The monoisotopic (exact) mass is 585 g/mol. The van der Waals surface area contributed by atoms with Crippen LogP contribution in [0.4, 0.5) is 5.69 Å². The first-order valence-electron chi connectivity index (χ1n) is 14.8. The van der Waals surface area contributed by atoms with Crippen LogP contribution < -0.4 is 16.0 Å². The van der Waals surface area contributed by atoms with E-state index in [-0.39, 0.29) is 30.6 Å². The summed E-state index contributed by atoms with van der Waals surface area (Å²) in [5.74, 6) is -1.23. The summed E-state index contributed by atoms with van der Waals surface area (Å²) >= 11 is 0. The quantitative estimate of drug-likeness (QED) is 0.139. The Morgan fingerprint density at radius 2 is 1.30 bits per heavy atom. The van der Waals surface area contributed by atoms with E-state index in [9.17, 15) is 14.4 Å². The third-order valence-corrected chi connectivity index (χ3v) is 8.04. The van der Waals surface area contributed by atoms with Gasteiger partial charge in [-0.1, -0.05) is 80.6 Å². The Labute approximate surface area is 255 Å². The van der Waals surface area contributed by atoms with Crippen molar-refractivity contribution in [2.45, 2.75) is 38.8 Å². The van der Waals surface area contributed by atoms with Gasteiger partial charge in [-0.2, -0.15) is 0 Å². The van der Waals surface area contributed by atoms with Gasteiger partial charge in [0.05, 0.1) is 6.42 Å². The van der Waals surface area contributed by atoms with Crippen LogP contribution >= 0.6 is 0 Å². The molecule has 2 heterocycles. The molecule has 0 aliphatic rings. The van der Waals surface area contributed by atoms with Gasteiger partial charge >= 0.3 is 0 Å². The lowest BCUT2D eigenvalue weighted by Crippen LogP contribution is -2.55. The van der Waals surface area contributed by atoms with Crippen molar-refractivity contribution in [2.24, 2.45) is 5.92 Å². The van der Waals surface area contributed by atoms with Crippen molar-refractivity contribution < 1.29 is 14.4 Å². The first kappa shape index (κ1) is 28.7. The summed E-state index contributed by atoms with van der Waals surface area (Å²) in [5, 5.41) is 12.9. The number of aromatic amines is 2. The van der Waals surface area contributed by atoms with Crippen LogP contribution in [-0.4, -0.2) is 39.8 Å². The average molecular weight is 586 g/mol. The van der Waals surface area contributed by atoms with E-state index >= 15 is 0 Å². The van der Waals surface area contributed by atoms with Gasteiger partial charge in [-0.25, -0.2) is 0 Å². The minimum Gasteiger partial charge on any atom is -0.361 e. The SMILES string of the molecule is CC(C)C(NC(=O)Cc1c[nH]c2ccccc12)C(=O)NC(Cc1c[nH]c2ccccc12)C(=O)Nc1ccc2ccccc2c1. The van der Waals surface area contributed by atoms with Crippen LogP contribution in [0.15, 0.2) is 103 Å². The van der Waals surface area contributed by atoms with E-state index < -0.39 is 18.0 Å². The van der Waals surface area contributed by atoms with Crippen molar-refractivity contribution in [3.05, 3.63) is 115 Å². The Morgan fingerprint density at radius 3 is 2.00 bits per heavy atom. The molecule has 2 atom stereocenters. The zero-order valence-electron chi connectivity index (χ0n) is 24.7. The zero-order valence-corrected chi connectivity index (χ0v) is 24.7. The standard InChI is InChI=1S/C36H35N5O3/c1-22(2)34(41-33(42)19-26-21-38-31-14-8-6-12-29(26)31)36(44)40-32(18-25-20-37-30-13-7-5-11-28(25)30)35(43)39-27-16-15-23-9-3-4-10-24(23)17-27/h3-17,20-22,32,34,37-38H,18-19H2,1-2H3,(H,39,43)(H,40,44)(H,41,42).